The van der Waals surface area contributed by atoms with Crippen LogP contribution in [0.2, 0.25) is 0 Å². The SMILES string of the molecule is NC(=NC(=O)CO)N1CCC[C@H]1c1nc(-c2ccc(OCCC3CCCCC3)c(C(F)(F)F)c2)no1. The van der Waals surface area contributed by atoms with Gasteiger partial charge in [-0.15, -0.1) is 0 Å². The van der Waals surface area contributed by atoms with Crippen LogP contribution >= 0.6 is 0 Å². The number of carbonyl (C=O) groups excluding carboxylic acids is 1. The molecular formula is C24H30F3N5O4. The fourth-order valence-corrected chi connectivity index (χ4v) is 4.84. The number of hydrogen-bond acceptors (Lipinski definition) is 6. The first kappa shape index (κ1) is 25.9. The summed E-state index contributed by atoms with van der Waals surface area (Å²) in [5.41, 5.74) is 5.13. The molecule has 1 aromatic heterocycles. The van der Waals surface area contributed by atoms with Gasteiger partial charge in [0.05, 0.1) is 12.2 Å². The molecule has 2 fully saturated rings. The Hall–Kier alpha value is -3.15. The van der Waals surface area contributed by atoms with Crippen molar-refractivity contribution in [3.05, 3.63) is 29.7 Å². The molecule has 1 aliphatic carbocycles. The predicted octanol–water partition coefficient (Wildman–Crippen LogP) is 4.08. The van der Waals surface area contributed by atoms with Gasteiger partial charge in [0.1, 0.15) is 18.4 Å². The maximum atomic E-state index is 13.8. The predicted molar refractivity (Wildman–Crippen MR) is 124 cm³/mol. The van der Waals surface area contributed by atoms with Gasteiger partial charge < -0.3 is 25.0 Å². The van der Waals surface area contributed by atoms with Crippen LogP contribution in [0.4, 0.5) is 13.2 Å². The molecule has 0 unspecified atom stereocenters. The second kappa shape index (κ2) is 11.3. The van der Waals surface area contributed by atoms with Gasteiger partial charge in [-0.05, 0) is 43.4 Å². The van der Waals surface area contributed by atoms with Gasteiger partial charge in [-0.2, -0.15) is 23.1 Å². The number of hydrogen-bond donors (Lipinski definition) is 2. The normalized spacial score (nSPS) is 19.6. The highest BCUT2D eigenvalue weighted by Gasteiger charge is 2.36. The molecule has 3 N–H and O–H groups in total. The van der Waals surface area contributed by atoms with Crippen LogP contribution in [-0.4, -0.2) is 51.8 Å². The topological polar surface area (TPSA) is 127 Å². The van der Waals surface area contributed by atoms with Gasteiger partial charge in [-0.3, -0.25) is 4.79 Å². The molecule has 0 spiro atoms. The summed E-state index contributed by atoms with van der Waals surface area (Å²) < 4.78 is 52.4. The monoisotopic (exact) mass is 509 g/mol. The van der Waals surface area contributed by atoms with Gasteiger partial charge >= 0.3 is 6.18 Å². The van der Waals surface area contributed by atoms with Crippen molar-refractivity contribution in [1.29, 1.82) is 0 Å². The van der Waals surface area contributed by atoms with Crippen molar-refractivity contribution in [2.75, 3.05) is 19.8 Å². The van der Waals surface area contributed by atoms with Gasteiger partial charge in [0, 0.05) is 12.1 Å². The highest BCUT2D eigenvalue weighted by Crippen LogP contribution is 2.39. The van der Waals surface area contributed by atoms with Crippen molar-refractivity contribution in [3.63, 3.8) is 0 Å². The van der Waals surface area contributed by atoms with Crippen molar-refractivity contribution in [1.82, 2.24) is 15.0 Å². The molecule has 1 aliphatic heterocycles. The Balaban J connectivity index is 1.50. The molecule has 196 valence electrons. The van der Waals surface area contributed by atoms with Gasteiger partial charge in [0.25, 0.3) is 5.91 Å². The zero-order valence-corrected chi connectivity index (χ0v) is 19.8. The molecule has 1 amide bonds. The quantitative estimate of drug-likeness (QED) is 0.422. The lowest BCUT2D eigenvalue weighted by Crippen LogP contribution is -2.37. The number of aliphatic imine (C=N–C) groups is 1. The summed E-state index contributed by atoms with van der Waals surface area (Å²) in [5.74, 6) is -0.446. The molecular weight excluding hydrogens is 479 g/mol. The van der Waals surface area contributed by atoms with Crippen LogP contribution in [-0.2, 0) is 11.0 Å². The highest BCUT2D eigenvalue weighted by molar-refractivity contribution is 5.93. The second-order valence-electron chi connectivity index (χ2n) is 9.18. The van der Waals surface area contributed by atoms with Gasteiger partial charge in [-0.1, -0.05) is 37.3 Å². The molecule has 9 nitrogen and oxygen atoms in total. The smallest absolute Gasteiger partial charge is 0.419 e. The summed E-state index contributed by atoms with van der Waals surface area (Å²) in [5, 5.41) is 12.8. The molecule has 2 heterocycles. The molecule has 2 aromatic rings. The molecule has 4 rings (SSSR count). The summed E-state index contributed by atoms with van der Waals surface area (Å²) in [6.07, 6.45) is 3.15. The Morgan fingerprint density at radius 2 is 2.00 bits per heavy atom. The number of nitrogens with two attached hydrogens (primary N) is 1. The summed E-state index contributed by atoms with van der Waals surface area (Å²) in [7, 11) is 0. The van der Waals surface area contributed by atoms with Crippen molar-refractivity contribution in [2.24, 2.45) is 16.6 Å². The van der Waals surface area contributed by atoms with Gasteiger partial charge in [0.2, 0.25) is 11.7 Å². The molecule has 0 bridgehead atoms. The van der Waals surface area contributed by atoms with E-state index in [-0.39, 0.29) is 35.6 Å². The van der Waals surface area contributed by atoms with Gasteiger partial charge in [-0.25, -0.2) is 0 Å². The fraction of sp³-hybridized carbons (Fsp3) is 0.583. The van der Waals surface area contributed by atoms with Crippen LogP contribution in [0.25, 0.3) is 11.4 Å². The van der Waals surface area contributed by atoms with Crippen molar-refractivity contribution in [3.8, 4) is 17.1 Å². The standard InChI is InChI=1S/C24H30F3N5O4/c25-24(26,27)17-13-16(8-9-19(17)35-12-10-15-5-2-1-3-6-15)21-30-22(36-31-21)18-7-4-11-32(18)23(28)29-20(34)14-33/h8-9,13,15,18,33H,1-7,10-12,14H2,(H2,28,29,34)/t18-/m0/s1. The second-order valence-corrected chi connectivity index (χ2v) is 9.18. The first-order valence-corrected chi connectivity index (χ1v) is 12.2. The number of benzene rings is 1. The van der Waals surface area contributed by atoms with E-state index in [4.69, 9.17) is 20.1 Å². The molecule has 1 saturated heterocycles. The number of guanidine groups is 1. The Morgan fingerprint density at radius 1 is 1.22 bits per heavy atom. The number of aliphatic hydroxyl groups excluding tert-OH is 1. The maximum absolute atomic E-state index is 13.8. The minimum absolute atomic E-state index is 0.00181. The molecule has 36 heavy (non-hydrogen) atoms. The summed E-state index contributed by atoms with van der Waals surface area (Å²) in [4.78, 5) is 20.9. The number of carbonyl (C=O) groups is 1. The largest absolute Gasteiger partial charge is 0.493 e. The van der Waals surface area contributed by atoms with E-state index in [1.165, 1.54) is 31.4 Å². The Labute approximate surface area is 206 Å². The number of aliphatic hydroxyl groups is 1. The number of halogens is 3. The van der Waals surface area contributed by atoms with Crippen LogP contribution in [0.3, 0.4) is 0 Å². The Kier molecular flexibility index (Phi) is 8.12. The van der Waals surface area contributed by atoms with Crippen molar-refractivity contribution in [2.45, 2.75) is 63.6 Å². The molecule has 1 atom stereocenters. The van der Waals surface area contributed by atoms with Crippen LogP contribution < -0.4 is 10.5 Å². The van der Waals surface area contributed by atoms with E-state index in [1.807, 2.05) is 0 Å². The lowest BCUT2D eigenvalue weighted by atomic mass is 9.87. The molecule has 12 heteroatoms. The minimum atomic E-state index is -4.62. The first-order valence-electron chi connectivity index (χ1n) is 12.2. The van der Waals surface area contributed by atoms with E-state index in [0.717, 1.165) is 25.3 Å². The van der Waals surface area contributed by atoms with Crippen LogP contribution in [0.5, 0.6) is 5.75 Å². The number of ether oxygens (including phenoxy) is 1. The average Bonchev–Trinajstić information content (AvgIpc) is 3.54. The number of nitrogens with zero attached hydrogens (tertiary/aromatic N) is 4. The van der Waals surface area contributed by atoms with E-state index in [1.54, 1.807) is 4.90 Å². The number of alkyl halides is 3. The van der Waals surface area contributed by atoms with Crippen molar-refractivity contribution >= 4 is 11.9 Å². The summed E-state index contributed by atoms with van der Waals surface area (Å²) in [6.45, 7) is -0.0635. The average molecular weight is 510 g/mol. The van der Waals surface area contributed by atoms with Crippen LogP contribution in [0.15, 0.2) is 27.7 Å². The van der Waals surface area contributed by atoms with E-state index in [9.17, 15) is 18.0 Å². The third-order valence-electron chi connectivity index (χ3n) is 6.70. The van der Waals surface area contributed by atoms with Crippen LogP contribution in [0.1, 0.15) is 68.9 Å². The zero-order chi connectivity index (χ0) is 25.7. The number of aromatic nitrogens is 2. The molecule has 2 aliphatic rings. The lowest BCUT2D eigenvalue weighted by molar-refractivity contribution is -0.139. The van der Waals surface area contributed by atoms with Gasteiger partial charge in [0.15, 0.2) is 5.96 Å². The maximum Gasteiger partial charge on any atom is 0.419 e. The van der Waals surface area contributed by atoms with E-state index >= 15 is 0 Å². The first-order chi connectivity index (χ1) is 17.3. The Bertz CT molecular complexity index is 1080. The highest BCUT2D eigenvalue weighted by atomic mass is 19.4. The fourth-order valence-electron chi connectivity index (χ4n) is 4.84. The minimum Gasteiger partial charge on any atom is -0.493 e. The molecule has 1 aromatic carbocycles. The Morgan fingerprint density at radius 3 is 2.72 bits per heavy atom. The third kappa shape index (κ3) is 6.15. The van der Waals surface area contributed by atoms with E-state index in [0.29, 0.717) is 25.3 Å². The third-order valence-corrected chi connectivity index (χ3v) is 6.70. The number of likely N-dealkylation sites (tertiary alicyclic amines) is 1. The summed E-state index contributed by atoms with van der Waals surface area (Å²) in [6, 6.07) is 3.25. The van der Waals surface area contributed by atoms with Crippen LogP contribution in [0, 0.1) is 5.92 Å². The molecule has 0 radical (unpaired) electrons. The van der Waals surface area contributed by atoms with E-state index < -0.39 is 30.3 Å². The number of rotatable bonds is 7. The zero-order valence-electron chi connectivity index (χ0n) is 19.8. The molecule has 1 saturated carbocycles. The van der Waals surface area contributed by atoms with Crippen molar-refractivity contribution < 1.29 is 32.3 Å². The van der Waals surface area contributed by atoms with E-state index in [2.05, 4.69) is 15.1 Å². The number of amides is 1. The summed E-state index contributed by atoms with van der Waals surface area (Å²) >= 11 is 0. The lowest BCUT2D eigenvalue weighted by Gasteiger charge is -2.22.